The van der Waals surface area contributed by atoms with E-state index in [2.05, 4.69) is 52.2 Å². The molecule has 2 aromatic carbocycles. The molecule has 8 heteroatoms. The van der Waals surface area contributed by atoms with Gasteiger partial charge < -0.3 is 9.64 Å². The fraction of sp³-hybridized carbons (Fsp3) is 0.458. The second-order valence-corrected chi connectivity index (χ2v) is 8.73. The first-order valence-corrected chi connectivity index (χ1v) is 11.1. The molecule has 1 aliphatic heterocycles. The number of halogens is 1. The number of rotatable bonds is 7. The fourth-order valence-corrected chi connectivity index (χ4v) is 4.27. The Balaban J connectivity index is 1.69. The lowest BCUT2D eigenvalue weighted by molar-refractivity contribution is 0.184. The van der Waals surface area contributed by atoms with E-state index in [0.717, 1.165) is 36.6 Å². The molecule has 1 saturated heterocycles. The molecule has 7 nitrogen and oxygen atoms in total. The van der Waals surface area contributed by atoms with Gasteiger partial charge in [0.05, 0.1) is 18.3 Å². The van der Waals surface area contributed by atoms with E-state index >= 15 is 0 Å². The van der Waals surface area contributed by atoms with E-state index in [0.29, 0.717) is 18.8 Å². The zero-order valence-corrected chi connectivity index (χ0v) is 19.2. The Morgan fingerprint density at radius 1 is 1.03 bits per heavy atom. The van der Waals surface area contributed by atoms with Crippen LogP contribution in [0.1, 0.15) is 44.6 Å². The zero-order valence-electron chi connectivity index (χ0n) is 19.2. The average Bonchev–Trinajstić information content (AvgIpc) is 3.31. The normalized spacial score (nSPS) is 16.2. The van der Waals surface area contributed by atoms with Crippen molar-refractivity contribution in [1.82, 2.24) is 25.1 Å². The van der Waals surface area contributed by atoms with Gasteiger partial charge in [0.2, 0.25) is 0 Å². The average molecular weight is 439 g/mol. The third-order valence-electron chi connectivity index (χ3n) is 6.48. The summed E-state index contributed by atoms with van der Waals surface area (Å²) in [6.45, 7) is 9.34. The lowest BCUT2D eigenvalue weighted by atomic mass is 9.98. The minimum Gasteiger partial charge on any atom is -0.496 e. The van der Waals surface area contributed by atoms with E-state index in [1.54, 1.807) is 13.2 Å². The number of nitrogens with zero attached hydrogens (tertiary/aromatic N) is 6. The van der Waals surface area contributed by atoms with Gasteiger partial charge in [0.25, 0.3) is 0 Å². The molecule has 3 aromatic rings. The van der Waals surface area contributed by atoms with Crippen molar-refractivity contribution < 1.29 is 9.13 Å². The van der Waals surface area contributed by atoms with Gasteiger partial charge >= 0.3 is 0 Å². The molecule has 0 radical (unpaired) electrons. The van der Waals surface area contributed by atoms with Gasteiger partial charge in [-0.25, -0.2) is 9.07 Å². The number of hydrogen-bond acceptors (Lipinski definition) is 6. The molecule has 32 heavy (non-hydrogen) atoms. The number of anilines is 1. The summed E-state index contributed by atoms with van der Waals surface area (Å²) in [7, 11) is 1.69. The molecule has 0 aliphatic carbocycles. The number of ether oxygens (including phenoxy) is 1. The molecule has 170 valence electrons. The lowest BCUT2D eigenvalue weighted by Crippen LogP contribution is -2.49. The molecule has 4 rings (SSSR count). The van der Waals surface area contributed by atoms with Crippen LogP contribution >= 0.6 is 0 Å². The zero-order chi connectivity index (χ0) is 22.7. The van der Waals surface area contributed by atoms with Crippen molar-refractivity contribution in [2.75, 3.05) is 38.2 Å². The van der Waals surface area contributed by atoms with Crippen molar-refractivity contribution in [1.29, 1.82) is 0 Å². The third-order valence-corrected chi connectivity index (χ3v) is 6.48. The molecular formula is C24H31FN6O. The topological polar surface area (TPSA) is 59.3 Å². The molecule has 1 atom stereocenters. The predicted molar refractivity (Wildman–Crippen MR) is 122 cm³/mol. The number of hydrogen-bond donors (Lipinski definition) is 0. The van der Waals surface area contributed by atoms with E-state index in [1.807, 2.05) is 35.0 Å². The van der Waals surface area contributed by atoms with Crippen molar-refractivity contribution in [2.24, 2.45) is 0 Å². The van der Waals surface area contributed by atoms with E-state index in [9.17, 15) is 4.39 Å². The Bertz CT molecular complexity index is 1040. The van der Waals surface area contributed by atoms with Gasteiger partial charge in [0, 0.05) is 31.7 Å². The molecule has 0 N–H and O–H groups in total. The van der Waals surface area contributed by atoms with E-state index in [4.69, 9.17) is 4.74 Å². The standard InChI is InChI=1S/C24H31FN6O/c1-5-24(2,3)31-23(26-27-28-31)22(18-10-6-9-13-21(18)32-4)30-16-14-29(15-17-30)20-12-8-7-11-19(20)25/h6-13,22H,5,14-17H2,1-4H3. The van der Waals surface area contributed by atoms with E-state index in [1.165, 1.54) is 6.07 Å². The van der Waals surface area contributed by atoms with Gasteiger partial charge in [-0.3, -0.25) is 4.90 Å². The van der Waals surface area contributed by atoms with Gasteiger partial charge in [-0.1, -0.05) is 37.3 Å². The smallest absolute Gasteiger partial charge is 0.173 e. The highest BCUT2D eigenvalue weighted by Gasteiger charge is 2.35. The van der Waals surface area contributed by atoms with E-state index in [-0.39, 0.29) is 17.4 Å². The van der Waals surface area contributed by atoms with Gasteiger partial charge in [-0.05, 0) is 48.9 Å². The molecule has 1 aliphatic rings. The molecule has 1 unspecified atom stereocenters. The molecule has 1 aromatic heterocycles. The number of aromatic nitrogens is 4. The van der Waals surface area contributed by atoms with Crippen LogP contribution in [0, 0.1) is 5.82 Å². The maximum Gasteiger partial charge on any atom is 0.173 e. The Hall–Kier alpha value is -3.00. The number of tetrazole rings is 1. The molecule has 0 bridgehead atoms. The number of methoxy groups -OCH3 is 1. The van der Waals surface area contributed by atoms with Crippen LogP contribution in [0.25, 0.3) is 0 Å². The third kappa shape index (κ3) is 4.19. The summed E-state index contributed by atoms with van der Waals surface area (Å²) >= 11 is 0. The summed E-state index contributed by atoms with van der Waals surface area (Å²) in [6, 6.07) is 14.8. The quantitative estimate of drug-likeness (QED) is 0.558. The van der Waals surface area contributed by atoms with Gasteiger partial charge in [-0.2, -0.15) is 0 Å². The Kier molecular flexibility index (Phi) is 6.41. The molecule has 0 spiro atoms. The fourth-order valence-electron chi connectivity index (χ4n) is 4.27. The Morgan fingerprint density at radius 3 is 2.41 bits per heavy atom. The van der Waals surface area contributed by atoms with Crippen LogP contribution in [-0.4, -0.2) is 58.4 Å². The van der Waals surface area contributed by atoms with Crippen LogP contribution in [-0.2, 0) is 5.54 Å². The van der Waals surface area contributed by atoms with Crippen LogP contribution in [0.5, 0.6) is 5.75 Å². The minimum atomic E-state index is -0.228. The summed E-state index contributed by atoms with van der Waals surface area (Å²) in [5.74, 6) is 1.41. The van der Waals surface area contributed by atoms with Crippen LogP contribution in [0.3, 0.4) is 0 Å². The Labute approximate surface area is 188 Å². The van der Waals surface area contributed by atoms with Crippen molar-refractivity contribution in [2.45, 2.75) is 38.8 Å². The van der Waals surface area contributed by atoms with Crippen LogP contribution < -0.4 is 9.64 Å². The number of para-hydroxylation sites is 2. The monoisotopic (exact) mass is 438 g/mol. The van der Waals surface area contributed by atoms with Crippen LogP contribution in [0.4, 0.5) is 10.1 Å². The number of benzene rings is 2. The van der Waals surface area contributed by atoms with Crippen LogP contribution in [0.2, 0.25) is 0 Å². The SMILES string of the molecule is CCC(C)(C)n1nnnc1C(c1ccccc1OC)N1CCN(c2ccccc2F)CC1. The first-order chi connectivity index (χ1) is 15.5. The highest BCUT2D eigenvalue weighted by Crippen LogP contribution is 2.36. The van der Waals surface area contributed by atoms with Crippen molar-refractivity contribution in [3.8, 4) is 5.75 Å². The Morgan fingerprint density at radius 2 is 1.72 bits per heavy atom. The second-order valence-electron chi connectivity index (χ2n) is 8.73. The molecular weight excluding hydrogens is 407 g/mol. The summed E-state index contributed by atoms with van der Waals surface area (Å²) in [5, 5.41) is 12.9. The lowest BCUT2D eigenvalue weighted by Gasteiger charge is -2.40. The molecule has 2 heterocycles. The van der Waals surface area contributed by atoms with Crippen molar-refractivity contribution >= 4 is 5.69 Å². The predicted octanol–water partition coefficient (Wildman–Crippen LogP) is 3.88. The molecule has 0 amide bonds. The van der Waals surface area contributed by atoms with E-state index < -0.39 is 0 Å². The summed E-state index contributed by atoms with van der Waals surface area (Å²) < 4.78 is 22.0. The maximum atomic E-state index is 14.3. The first-order valence-electron chi connectivity index (χ1n) is 11.1. The van der Waals surface area contributed by atoms with Crippen molar-refractivity contribution in [3.05, 3.63) is 65.7 Å². The maximum absolute atomic E-state index is 14.3. The minimum absolute atomic E-state index is 0.172. The van der Waals surface area contributed by atoms with Gasteiger partial charge in [0.15, 0.2) is 5.82 Å². The highest BCUT2D eigenvalue weighted by atomic mass is 19.1. The van der Waals surface area contributed by atoms with Crippen LogP contribution in [0.15, 0.2) is 48.5 Å². The van der Waals surface area contributed by atoms with Gasteiger partial charge in [0.1, 0.15) is 17.6 Å². The molecule has 1 fully saturated rings. The summed E-state index contributed by atoms with van der Waals surface area (Å²) in [4.78, 5) is 4.47. The summed E-state index contributed by atoms with van der Waals surface area (Å²) in [6.07, 6.45) is 0.894. The highest BCUT2D eigenvalue weighted by molar-refractivity contribution is 5.48. The summed E-state index contributed by atoms with van der Waals surface area (Å²) in [5.41, 5.74) is 1.45. The first kappa shape index (κ1) is 22.2. The van der Waals surface area contributed by atoms with Crippen molar-refractivity contribution in [3.63, 3.8) is 0 Å². The largest absolute Gasteiger partial charge is 0.496 e. The number of piperazine rings is 1. The van der Waals surface area contributed by atoms with Gasteiger partial charge in [-0.15, -0.1) is 5.10 Å². The second kappa shape index (κ2) is 9.24. The molecule has 0 saturated carbocycles.